The second kappa shape index (κ2) is 2.34. The molecule has 0 fully saturated rings. The Hall–Kier alpha value is -1.38. The Labute approximate surface area is 64.5 Å². The smallest absolute Gasteiger partial charge is 0.231 e. The van der Waals surface area contributed by atoms with E-state index in [-0.39, 0.29) is 6.79 Å². The van der Waals surface area contributed by atoms with Gasteiger partial charge < -0.3 is 14.2 Å². The highest BCUT2D eigenvalue weighted by Gasteiger charge is 2.12. The molecule has 0 spiro atoms. The van der Waals surface area contributed by atoms with Crippen molar-refractivity contribution < 1.29 is 14.2 Å². The van der Waals surface area contributed by atoms with Gasteiger partial charge in [0, 0.05) is 6.07 Å². The van der Waals surface area contributed by atoms with Gasteiger partial charge in [-0.25, -0.2) is 0 Å². The molecular weight excluding hydrogens is 144 g/mol. The third kappa shape index (κ3) is 0.981. The minimum Gasteiger partial charge on any atom is -0.490 e. The van der Waals surface area contributed by atoms with Gasteiger partial charge in [0.1, 0.15) is 12.9 Å². The minimum absolute atomic E-state index is 0.288. The summed E-state index contributed by atoms with van der Waals surface area (Å²) in [6, 6.07) is 5.32. The molecule has 1 aliphatic heterocycles. The summed E-state index contributed by atoms with van der Waals surface area (Å²) in [7, 11) is 3.29. The molecule has 3 heteroatoms. The van der Waals surface area contributed by atoms with Crippen LogP contribution in [0.2, 0.25) is 0 Å². The molecule has 0 amide bonds. The van der Waals surface area contributed by atoms with Crippen LogP contribution in [0.3, 0.4) is 0 Å². The van der Waals surface area contributed by atoms with Crippen LogP contribution >= 0.6 is 0 Å². The highest BCUT2D eigenvalue weighted by atomic mass is 16.7. The van der Waals surface area contributed by atoms with E-state index in [4.69, 9.17) is 14.2 Å². The molecule has 0 saturated carbocycles. The first-order chi connectivity index (χ1) is 5.40. The Morgan fingerprint density at radius 3 is 2.91 bits per heavy atom. The van der Waals surface area contributed by atoms with Crippen molar-refractivity contribution in [1.29, 1.82) is 0 Å². The zero-order valence-electron chi connectivity index (χ0n) is 5.87. The molecule has 0 unspecified atom stereocenters. The van der Waals surface area contributed by atoms with Crippen LogP contribution in [-0.4, -0.2) is 6.79 Å². The van der Waals surface area contributed by atoms with Crippen molar-refractivity contribution in [3.05, 3.63) is 25.3 Å². The first kappa shape index (κ1) is 6.34. The van der Waals surface area contributed by atoms with Gasteiger partial charge in [-0.2, -0.15) is 0 Å². The predicted molar refractivity (Wildman–Crippen MR) is 38.6 cm³/mol. The molecule has 57 valence electrons. The molecule has 1 heterocycles. The third-order valence-corrected chi connectivity index (χ3v) is 1.51. The van der Waals surface area contributed by atoms with Crippen LogP contribution in [0.4, 0.5) is 0 Å². The highest BCUT2D eigenvalue weighted by Crippen LogP contribution is 2.34. The Kier molecular flexibility index (Phi) is 1.35. The second-order valence-electron chi connectivity index (χ2n) is 2.16. The summed E-state index contributed by atoms with van der Waals surface area (Å²) in [6.45, 7) is 0.288. The Bertz CT molecular complexity index is 270. The van der Waals surface area contributed by atoms with Crippen LogP contribution in [0.15, 0.2) is 18.2 Å². The number of ether oxygens (including phenoxy) is 3. The number of benzene rings is 1. The van der Waals surface area contributed by atoms with Crippen molar-refractivity contribution in [1.82, 2.24) is 0 Å². The quantitative estimate of drug-likeness (QED) is 0.610. The average molecular weight is 151 g/mol. The van der Waals surface area contributed by atoms with Gasteiger partial charge in [0.25, 0.3) is 0 Å². The van der Waals surface area contributed by atoms with E-state index in [1.54, 1.807) is 18.2 Å². The molecule has 0 bridgehead atoms. The molecule has 1 aromatic carbocycles. The Balaban J connectivity index is 2.41. The maximum absolute atomic E-state index is 5.11. The molecule has 11 heavy (non-hydrogen) atoms. The Morgan fingerprint density at radius 1 is 1.27 bits per heavy atom. The fourth-order valence-electron chi connectivity index (χ4n) is 0.967. The molecule has 1 radical (unpaired) electrons. The van der Waals surface area contributed by atoms with Crippen molar-refractivity contribution in [2.75, 3.05) is 6.79 Å². The van der Waals surface area contributed by atoms with Crippen LogP contribution in [0.5, 0.6) is 17.2 Å². The number of hydrogen-bond donors (Lipinski definition) is 0. The fraction of sp³-hybridized carbons (Fsp3) is 0.125. The predicted octanol–water partition coefficient (Wildman–Crippen LogP) is 1.59. The second-order valence-corrected chi connectivity index (χ2v) is 2.16. The summed E-state index contributed by atoms with van der Waals surface area (Å²) in [5, 5.41) is 0. The largest absolute Gasteiger partial charge is 0.490 e. The molecule has 2 rings (SSSR count). The number of hydrogen-bond acceptors (Lipinski definition) is 3. The SMILES string of the molecule is [CH2]Oc1ccc2c(c1)OCO2. The first-order valence-electron chi connectivity index (χ1n) is 3.22. The van der Waals surface area contributed by atoms with Gasteiger partial charge in [0.05, 0.1) is 0 Å². The van der Waals surface area contributed by atoms with Gasteiger partial charge in [-0.05, 0) is 12.1 Å². The van der Waals surface area contributed by atoms with E-state index in [9.17, 15) is 0 Å². The normalized spacial score (nSPS) is 13.2. The van der Waals surface area contributed by atoms with Gasteiger partial charge in [-0.3, -0.25) is 0 Å². The molecule has 0 saturated heterocycles. The molecular formula is C8H7O3. The number of fused-ring (bicyclic) bond motifs is 1. The van der Waals surface area contributed by atoms with E-state index in [0.29, 0.717) is 11.5 Å². The summed E-state index contributed by atoms with van der Waals surface area (Å²) in [4.78, 5) is 0. The molecule has 3 nitrogen and oxygen atoms in total. The van der Waals surface area contributed by atoms with Gasteiger partial charge in [-0.15, -0.1) is 0 Å². The van der Waals surface area contributed by atoms with Crippen LogP contribution in [-0.2, 0) is 0 Å². The van der Waals surface area contributed by atoms with Gasteiger partial charge in [-0.1, -0.05) is 0 Å². The molecule has 0 atom stereocenters. The van der Waals surface area contributed by atoms with Gasteiger partial charge >= 0.3 is 0 Å². The monoisotopic (exact) mass is 151 g/mol. The summed E-state index contributed by atoms with van der Waals surface area (Å²) in [5.41, 5.74) is 0. The zero-order chi connectivity index (χ0) is 7.68. The van der Waals surface area contributed by atoms with E-state index < -0.39 is 0 Å². The summed E-state index contributed by atoms with van der Waals surface area (Å²) in [6.07, 6.45) is 0. The summed E-state index contributed by atoms with van der Waals surface area (Å²) >= 11 is 0. The van der Waals surface area contributed by atoms with Crippen molar-refractivity contribution >= 4 is 0 Å². The maximum atomic E-state index is 5.11. The van der Waals surface area contributed by atoms with Crippen LogP contribution in [0.25, 0.3) is 0 Å². The lowest BCUT2D eigenvalue weighted by molar-refractivity contribution is 0.174. The molecule has 1 aliphatic rings. The van der Waals surface area contributed by atoms with E-state index >= 15 is 0 Å². The minimum atomic E-state index is 0.288. The van der Waals surface area contributed by atoms with Crippen LogP contribution in [0.1, 0.15) is 0 Å². The third-order valence-electron chi connectivity index (χ3n) is 1.51. The van der Waals surface area contributed by atoms with Gasteiger partial charge in [0.15, 0.2) is 11.5 Å². The van der Waals surface area contributed by atoms with E-state index in [2.05, 4.69) is 7.11 Å². The highest BCUT2D eigenvalue weighted by molar-refractivity contribution is 5.46. The van der Waals surface area contributed by atoms with Crippen molar-refractivity contribution in [2.24, 2.45) is 0 Å². The van der Waals surface area contributed by atoms with Crippen molar-refractivity contribution in [3.63, 3.8) is 0 Å². The molecule has 0 N–H and O–H groups in total. The van der Waals surface area contributed by atoms with E-state index in [0.717, 1.165) is 5.75 Å². The lowest BCUT2D eigenvalue weighted by Gasteiger charge is -1.99. The van der Waals surface area contributed by atoms with E-state index in [1.807, 2.05) is 0 Å². The standard InChI is InChI=1S/C8H7O3/c1-9-6-2-3-7-8(4-6)11-5-10-7/h2-4H,1,5H2. The van der Waals surface area contributed by atoms with Crippen molar-refractivity contribution in [3.8, 4) is 17.2 Å². The Morgan fingerprint density at radius 2 is 2.09 bits per heavy atom. The summed E-state index contributed by atoms with van der Waals surface area (Å²) in [5.74, 6) is 2.14. The molecule has 1 aromatic rings. The molecule has 0 aromatic heterocycles. The first-order valence-corrected chi connectivity index (χ1v) is 3.22. The summed E-state index contributed by atoms with van der Waals surface area (Å²) < 4.78 is 15.0. The topological polar surface area (TPSA) is 27.7 Å². The zero-order valence-corrected chi connectivity index (χ0v) is 5.87. The van der Waals surface area contributed by atoms with Gasteiger partial charge in [0.2, 0.25) is 6.79 Å². The lowest BCUT2D eigenvalue weighted by Crippen LogP contribution is -1.92. The van der Waals surface area contributed by atoms with E-state index in [1.165, 1.54) is 0 Å². The molecule has 0 aliphatic carbocycles. The number of rotatable bonds is 1. The van der Waals surface area contributed by atoms with Crippen molar-refractivity contribution in [2.45, 2.75) is 0 Å². The lowest BCUT2D eigenvalue weighted by atomic mass is 10.3. The fourth-order valence-corrected chi connectivity index (χ4v) is 0.967. The average Bonchev–Trinajstić information content (AvgIpc) is 2.50. The van der Waals surface area contributed by atoms with Crippen LogP contribution in [0, 0.1) is 7.11 Å². The maximum Gasteiger partial charge on any atom is 0.231 e. The van der Waals surface area contributed by atoms with Crippen LogP contribution < -0.4 is 14.2 Å².